The standard InChI is InChI=1S/C12H16N2O3/c13-12(16)9-1-2-10(11(15)7-9)8-14-3-5-17-6-4-14/h1-2,7,15H,3-6,8H2,(H2,13,16). The normalized spacial score (nSPS) is 16.9. The molecule has 0 saturated carbocycles. The van der Waals surface area contributed by atoms with Gasteiger partial charge in [0, 0.05) is 30.8 Å². The summed E-state index contributed by atoms with van der Waals surface area (Å²) in [6, 6.07) is 4.79. The summed E-state index contributed by atoms with van der Waals surface area (Å²) in [6.07, 6.45) is 0. The summed E-state index contributed by atoms with van der Waals surface area (Å²) >= 11 is 0. The summed E-state index contributed by atoms with van der Waals surface area (Å²) in [7, 11) is 0. The first-order valence-electron chi connectivity index (χ1n) is 5.58. The predicted molar refractivity (Wildman–Crippen MR) is 62.7 cm³/mol. The van der Waals surface area contributed by atoms with Gasteiger partial charge in [-0.2, -0.15) is 0 Å². The maximum Gasteiger partial charge on any atom is 0.248 e. The van der Waals surface area contributed by atoms with Crippen LogP contribution in [0.3, 0.4) is 0 Å². The van der Waals surface area contributed by atoms with Crippen LogP contribution in [-0.2, 0) is 11.3 Å². The summed E-state index contributed by atoms with van der Waals surface area (Å²) < 4.78 is 5.25. The number of carbonyl (C=O) groups is 1. The first-order chi connectivity index (χ1) is 8.16. The first-order valence-corrected chi connectivity index (χ1v) is 5.58. The van der Waals surface area contributed by atoms with Crippen molar-refractivity contribution in [3.8, 4) is 5.75 Å². The van der Waals surface area contributed by atoms with Gasteiger partial charge in [-0.05, 0) is 12.1 Å². The van der Waals surface area contributed by atoms with Crippen LogP contribution in [0.2, 0.25) is 0 Å². The minimum Gasteiger partial charge on any atom is -0.508 e. The van der Waals surface area contributed by atoms with Gasteiger partial charge in [-0.25, -0.2) is 0 Å². The lowest BCUT2D eigenvalue weighted by atomic mass is 10.1. The number of hydrogen-bond donors (Lipinski definition) is 2. The van der Waals surface area contributed by atoms with Gasteiger partial charge in [-0.15, -0.1) is 0 Å². The van der Waals surface area contributed by atoms with E-state index in [9.17, 15) is 9.90 Å². The minimum atomic E-state index is -0.529. The smallest absolute Gasteiger partial charge is 0.248 e. The molecule has 0 bridgehead atoms. The van der Waals surface area contributed by atoms with E-state index < -0.39 is 5.91 Å². The van der Waals surface area contributed by atoms with E-state index in [1.807, 2.05) is 0 Å². The van der Waals surface area contributed by atoms with Crippen molar-refractivity contribution in [1.29, 1.82) is 0 Å². The SMILES string of the molecule is NC(=O)c1ccc(CN2CCOCC2)c(O)c1. The third-order valence-electron chi connectivity index (χ3n) is 2.87. The van der Waals surface area contributed by atoms with Gasteiger partial charge < -0.3 is 15.6 Å². The fourth-order valence-electron chi connectivity index (χ4n) is 1.85. The Morgan fingerprint density at radius 3 is 2.71 bits per heavy atom. The molecule has 92 valence electrons. The third-order valence-corrected chi connectivity index (χ3v) is 2.87. The molecular weight excluding hydrogens is 220 g/mol. The van der Waals surface area contributed by atoms with Gasteiger partial charge in [-0.1, -0.05) is 6.07 Å². The van der Waals surface area contributed by atoms with E-state index in [0.717, 1.165) is 31.9 Å². The molecule has 1 aliphatic rings. The van der Waals surface area contributed by atoms with Crippen molar-refractivity contribution in [2.75, 3.05) is 26.3 Å². The minimum absolute atomic E-state index is 0.118. The molecule has 1 saturated heterocycles. The Bertz CT molecular complexity index is 414. The molecule has 0 radical (unpaired) electrons. The number of ether oxygens (including phenoxy) is 1. The van der Waals surface area contributed by atoms with Gasteiger partial charge in [0.25, 0.3) is 0 Å². The van der Waals surface area contributed by atoms with Crippen LogP contribution in [0.5, 0.6) is 5.75 Å². The summed E-state index contributed by atoms with van der Waals surface area (Å²) in [4.78, 5) is 13.1. The molecule has 5 nitrogen and oxygen atoms in total. The number of rotatable bonds is 3. The summed E-state index contributed by atoms with van der Waals surface area (Å²) in [5.41, 5.74) is 6.27. The molecule has 1 aromatic rings. The molecule has 17 heavy (non-hydrogen) atoms. The van der Waals surface area contributed by atoms with Gasteiger partial charge in [0.15, 0.2) is 0 Å². The molecule has 1 fully saturated rings. The second kappa shape index (κ2) is 5.16. The van der Waals surface area contributed by atoms with Gasteiger partial charge in [0.1, 0.15) is 5.75 Å². The van der Waals surface area contributed by atoms with Crippen molar-refractivity contribution in [3.63, 3.8) is 0 Å². The highest BCUT2D eigenvalue weighted by Crippen LogP contribution is 2.20. The van der Waals surface area contributed by atoms with Gasteiger partial charge in [-0.3, -0.25) is 9.69 Å². The average Bonchev–Trinajstić information content (AvgIpc) is 2.33. The maximum atomic E-state index is 10.9. The van der Waals surface area contributed by atoms with E-state index in [2.05, 4.69) is 4.90 Å². The van der Waals surface area contributed by atoms with Crippen LogP contribution in [-0.4, -0.2) is 42.2 Å². The molecular formula is C12H16N2O3. The molecule has 0 atom stereocenters. The lowest BCUT2D eigenvalue weighted by molar-refractivity contribution is 0.0339. The topological polar surface area (TPSA) is 75.8 Å². The number of benzene rings is 1. The van der Waals surface area contributed by atoms with Crippen molar-refractivity contribution >= 4 is 5.91 Å². The largest absolute Gasteiger partial charge is 0.508 e. The number of nitrogens with zero attached hydrogens (tertiary/aromatic N) is 1. The molecule has 1 aromatic carbocycles. The fraction of sp³-hybridized carbons (Fsp3) is 0.417. The van der Waals surface area contributed by atoms with Gasteiger partial charge in [0.2, 0.25) is 5.91 Å². The Balaban J connectivity index is 2.08. The fourth-order valence-corrected chi connectivity index (χ4v) is 1.85. The number of primary amides is 1. The number of phenolic OH excluding ortho intramolecular Hbond substituents is 1. The zero-order chi connectivity index (χ0) is 12.3. The van der Waals surface area contributed by atoms with E-state index >= 15 is 0 Å². The molecule has 5 heteroatoms. The predicted octanol–water partition coefficient (Wildman–Crippen LogP) is 0.323. The van der Waals surface area contributed by atoms with Crippen molar-refractivity contribution in [2.45, 2.75) is 6.54 Å². The molecule has 0 aliphatic carbocycles. The Hall–Kier alpha value is -1.59. The Morgan fingerprint density at radius 2 is 2.12 bits per heavy atom. The second-order valence-corrected chi connectivity index (χ2v) is 4.10. The molecule has 1 aliphatic heterocycles. The van der Waals surface area contributed by atoms with Crippen LogP contribution < -0.4 is 5.73 Å². The first kappa shape index (κ1) is 11.9. The number of morpholine rings is 1. The number of amides is 1. The van der Waals surface area contributed by atoms with Gasteiger partial charge >= 0.3 is 0 Å². The van der Waals surface area contributed by atoms with E-state index in [1.54, 1.807) is 12.1 Å². The third kappa shape index (κ3) is 2.95. The van der Waals surface area contributed by atoms with Crippen LogP contribution >= 0.6 is 0 Å². The molecule has 0 unspecified atom stereocenters. The van der Waals surface area contributed by atoms with Crippen LogP contribution in [0.4, 0.5) is 0 Å². The van der Waals surface area contributed by atoms with Crippen LogP contribution in [0.15, 0.2) is 18.2 Å². The zero-order valence-corrected chi connectivity index (χ0v) is 9.56. The summed E-state index contributed by atoms with van der Waals surface area (Å²) in [5, 5.41) is 9.81. The Kier molecular flexibility index (Phi) is 3.61. The number of carbonyl (C=O) groups excluding carboxylic acids is 1. The Labute approximate surface area is 99.8 Å². The molecule has 1 heterocycles. The lowest BCUT2D eigenvalue weighted by Crippen LogP contribution is -2.35. The Morgan fingerprint density at radius 1 is 1.41 bits per heavy atom. The summed E-state index contributed by atoms with van der Waals surface area (Å²) in [5.74, 6) is -0.411. The van der Waals surface area contributed by atoms with Crippen LogP contribution in [0.1, 0.15) is 15.9 Å². The van der Waals surface area contributed by atoms with E-state index in [1.165, 1.54) is 6.07 Å². The second-order valence-electron chi connectivity index (χ2n) is 4.10. The quantitative estimate of drug-likeness (QED) is 0.792. The summed E-state index contributed by atoms with van der Waals surface area (Å²) in [6.45, 7) is 3.82. The maximum absolute atomic E-state index is 10.9. The molecule has 1 amide bonds. The molecule has 2 rings (SSSR count). The highest BCUT2D eigenvalue weighted by molar-refractivity contribution is 5.93. The van der Waals surface area contributed by atoms with E-state index in [4.69, 9.17) is 10.5 Å². The van der Waals surface area contributed by atoms with E-state index in [-0.39, 0.29) is 5.75 Å². The molecule has 0 spiro atoms. The van der Waals surface area contributed by atoms with Crippen molar-refractivity contribution in [1.82, 2.24) is 4.90 Å². The van der Waals surface area contributed by atoms with Crippen molar-refractivity contribution in [2.24, 2.45) is 5.73 Å². The highest BCUT2D eigenvalue weighted by Gasteiger charge is 2.13. The zero-order valence-electron chi connectivity index (χ0n) is 9.56. The van der Waals surface area contributed by atoms with Crippen molar-refractivity contribution in [3.05, 3.63) is 29.3 Å². The number of aromatic hydroxyl groups is 1. The molecule has 3 N–H and O–H groups in total. The number of nitrogens with two attached hydrogens (primary N) is 1. The monoisotopic (exact) mass is 236 g/mol. The van der Waals surface area contributed by atoms with Crippen LogP contribution in [0, 0.1) is 0 Å². The van der Waals surface area contributed by atoms with Crippen LogP contribution in [0.25, 0.3) is 0 Å². The van der Waals surface area contributed by atoms with Gasteiger partial charge in [0.05, 0.1) is 13.2 Å². The average molecular weight is 236 g/mol. The molecule has 0 aromatic heterocycles. The number of phenols is 1. The number of hydrogen-bond acceptors (Lipinski definition) is 4. The van der Waals surface area contributed by atoms with E-state index in [0.29, 0.717) is 12.1 Å². The lowest BCUT2D eigenvalue weighted by Gasteiger charge is -2.26. The van der Waals surface area contributed by atoms with Crippen molar-refractivity contribution < 1.29 is 14.6 Å². The highest BCUT2D eigenvalue weighted by atomic mass is 16.5.